The molecule has 128 valence electrons. The second-order valence-electron chi connectivity index (χ2n) is 5.26. The number of hydrogen-bond donors (Lipinski definition) is 1. The molecule has 0 atom stereocenters. The van der Waals surface area contributed by atoms with Crippen LogP contribution >= 0.6 is 0 Å². The highest BCUT2D eigenvalue weighted by Crippen LogP contribution is 2.21. The van der Waals surface area contributed by atoms with Crippen LogP contribution in [0.2, 0.25) is 0 Å². The van der Waals surface area contributed by atoms with E-state index in [9.17, 15) is 14.9 Å². The van der Waals surface area contributed by atoms with Crippen LogP contribution in [0.3, 0.4) is 0 Å². The standard InChI is InChI=1S/C19H14N4O3/c1-26-19(25)16-10-6-5-9-15(16)18(24)22-17-13(11-20)12-21-23(17)14-7-3-2-4-8-14/h2-10,12H,1H3,(H,22,24). The van der Waals surface area contributed by atoms with Crippen LogP contribution < -0.4 is 5.32 Å². The summed E-state index contributed by atoms with van der Waals surface area (Å²) in [5.41, 5.74) is 1.17. The SMILES string of the molecule is COC(=O)c1ccccc1C(=O)Nc1c(C#N)cnn1-c1ccccc1. The number of para-hydroxylation sites is 1. The molecule has 26 heavy (non-hydrogen) atoms. The summed E-state index contributed by atoms with van der Waals surface area (Å²) in [5, 5.41) is 16.2. The van der Waals surface area contributed by atoms with E-state index in [1.54, 1.807) is 24.3 Å². The van der Waals surface area contributed by atoms with Gasteiger partial charge in [0.15, 0.2) is 5.82 Å². The van der Waals surface area contributed by atoms with Crippen molar-refractivity contribution in [1.82, 2.24) is 9.78 Å². The number of esters is 1. The lowest BCUT2D eigenvalue weighted by Crippen LogP contribution is -2.19. The molecule has 0 radical (unpaired) electrons. The van der Waals surface area contributed by atoms with E-state index in [1.165, 1.54) is 30.1 Å². The van der Waals surface area contributed by atoms with Crippen LogP contribution in [0.4, 0.5) is 5.82 Å². The zero-order valence-corrected chi connectivity index (χ0v) is 13.8. The van der Waals surface area contributed by atoms with Gasteiger partial charge in [0, 0.05) is 0 Å². The fourth-order valence-corrected chi connectivity index (χ4v) is 2.46. The molecule has 0 saturated carbocycles. The lowest BCUT2D eigenvalue weighted by Gasteiger charge is -2.11. The number of benzene rings is 2. The summed E-state index contributed by atoms with van der Waals surface area (Å²) < 4.78 is 6.17. The van der Waals surface area contributed by atoms with Gasteiger partial charge in [-0.3, -0.25) is 4.79 Å². The Hall–Kier alpha value is -3.92. The second-order valence-corrected chi connectivity index (χ2v) is 5.26. The Kier molecular flexibility index (Phi) is 4.76. The lowest BCUT2D eigenvalue weighted by atomic mass is 10.1. The number of hydrogen-bond acceptors (Lipinski definition) is 5. The number of anilines is 1. The van der Waals surface area contributed by atoms with Crippen molar-refractivity contribution < 1.29 is 14.3 Å². The molecule has 0 aliphatic rings. The van der Waals surface area contributed by atoms with Crippen molar-refractivity contribution in [3.8, 4) is 11.8 Å². The lowest BCUT2D eigenvalue weighted by molar-refractivity contribution is 0.0597. The summed E-state index contributed by atoms with van der Waals surface area (Å²) in [5.74, 6) is -0.934. The van der Waals surface area contributed by atoms with E-state index in [0.29, 0.717) is 5.69 Å². The van der Waals surface area contributed by atoms with E-state index in [4.69, 9.17) is 4.74 Å². The highest BCUT2D eigenvalue weighted by atomic mass is 16.5. The molecule has 3 rings (SSSR count). The fraction of sp³-hybridized carbons (Fsp3) is 0.0526. The van der Waals surface area contributed by atoms with Gasteiger partial charge in [0.25, 0.3) is 5.91 Å². The predicted octanol–water partition coefficient (Wildman–Crippen LogP) is 2.78. The Balaban J connectivity index is 2.00. The third kappa shape index (κ3) is 3.16. The molecule has 1 heterocycles. The van der Waals surface area contributed by atoms with E-state index in [-0.39, 0.29) is 22.5 Å². The molecule has 2 aromatic carbocycles. The van der Waals surface area contributed by atoms with Crippen LogP contribution in [0.5, 0.6) is 0 Å². The number of nitrogens with one attached hydrogen (secondary N) is 1. The summed E-state index contributed by atoms with van der Waals surface area (Å²) in [7, 11) is 1.25. The van der Waals surface area contributed by atoms with Gasteiger partial charge in [0.1, 0.15) is 11.6 Å². The molecule has 0 unspecified atom stereocenters. The van der Waals surface area contributed by atoms with Crippen LogP contribution in [0.25, 0.3) is 5.69 Å². The normalized spacial score (nSPS) is 10.0. The van der Waals surface area contributed by atoms with Gasteiger partial charge in [-0.05, 0) is 24.3 Å². The Morgan fingerprint density at radius 3 is 2.38 bits per heavy atom. The van der Waals surface area contributed by atoms with Crippen molar-refractivity contribution in [1.29, 1.82) is 5.26 Å². The predicted molar refractivity (Wildman–Crippen MR) is 94.0 cm³/mol. The Morgan fingerprint density at radius 1 is 1.08 bits per heavy atom. The minimum absolute atomic E-state index is 0.136. The summed E-state index contributed by atoms with van der Waals surface area (Å²) >= 11 is 0. The van der Waals surface area contributed by atoms with E-state index in [2.05, 4.69) is 10.4 Å². The van der Waals surface area contributed by atoms with Crippen LogP contribution in [-0.2, 0) is 4.74 Å². The molecule has 3 aromatic rings. The van der Waals surface area contributed by atoms with Crippen molar-refractivity contribution in [3.05, 3.63) is 77.5 Å². The number of rotatable bonds is 4. The number of methoxy groups -OCH3 is 1. The third-order valence-corrected chi connectivity index (χ3v) is 3.70. The van der Waals surface area contributed by atoms with Gasteiger partial charge in [0.2, 0.25) is 0 Å². The van der Waals surface area contributed by atoms with Gasteiger partial charge in [-0.15, -0.1) is 0 Å². The first-order valence-corrected chi connectivity index (χ1v) is 7.68. The molecule has 0 saturated heterocycles. The molecule has 1 N–H and O–H groups in total. The Bertz CT molecular complexity index is 1000. The molecular weight excluding hydrogens is 332 g/mol. The zero-order valence-electron chi connectivity index (χ0n) is 13.8. The maximum Gasteiger partial charge on any atom is 0.338 e. The van der Waals surface area contributed by atoms with Crippen molar-refractivity contribution in [2.24, 2.45) is 0 Å². The monoisotopic (exact) mass is 346 g/mol. The summed E-state index contributed by atoms with van der Waals surface area (Å²) in [6, 6.07) is 17.4. The number of carbonyl (C=O) groups is 2. The molecule has 0 aliphatic heterocycles. The smallest absolute Gasteiger partial charge is 0.338 e. The maximum absolute atomic E-state index is 12.7. The molecule has 7 heteroatoms. The largest absolute Gasteiger partial charge is 0.465 e. The number of nitrogens with zero attached hydrogens (tertiary/aromatic N) is 3. The summed E-state index contributed by atoms with van der Waals surface area (Å²) in [6.45, 7) is 0. The van der Waals surface area contributed by atoms with Crippen molar-refractivity contribution in [2.75, 3.05) is 12.4 Å². The first kappa shape index (κ1) is 16.9. The second kappa shape index (κ2) is 7.32. The number of ether oxygens (including phenoxy) is 1. The van der Waals surface area contributed by atoms with E-state index in [0.717, 1.165) is 0 Å². The first-order chi connectivity index (χ1) is 12.7. The molecule has 0 bridgehead atoms. The van der Waals surface area contributed by atoms with Crippen molar-refractivity contribution in [2.45, 2.75) is 0 Å². The van der Waals surface area contributed by atoms with Gasteiger partial charge >= 0.3 is 5.97 Å². The average molecular weight is 346 g/mol. The van der Waals surface area contributed by atoms with E-state index >= 15 is 0 Å². The van der Waals surface area contributed by atoms with E-state index in [1.807, 2.05) is 24.3 Å². The molecule has 0 fully saturated rings. The van der Waals surface area contributed by atoms with Crippen LogP contribution in [0.1, 0.15) is 26.3 Å². The van der Waals surface area contributed by atoms with Gasteiger partial charge in [-0.25, -0.2) is 9.48 Å². The Labute approximate surface area is 149 Å². The number of aromatic nitrogens is 2. The van der Waals surface area contributed by atoms with Gasteiger partial charge in [-0.1, -0.05) is 30.3 Å². The highest BCUT2D eigenvalue weighted by molar-refractivity contribution is 6.11. The fourth-order valence-electron chi connectivity index (χ4n) is 2.46. The topological polar surface area (TPSA) is 97.0 Å². The highest BCUT2D eigenvalue weighted by Gasteiger charge is 2.20. The van der Waals surface area contributed by atoms with Crippen LogP contribution in [-0.4, -0.2) is 28.8 Å². The zero-order chi connectivity index (χ0) is 18.5. The number of carbonyl (C=O) groups excluding carboxylic acids is 2. The van der Waals surface area contributed by atoms with Gasteiger partial charge in [-0.2, -0.15) is 10.4 Å². The van der Waals surface area contributed by atoms with Crippen LogP contribution in [0, 0.1) is 11.3 Å². The molecule has 7 nitrogen and oxygen atoms in total. The molecule has 0 aliphatic carbocycles. The van der Waals surface area contributed by atoms with Crippen molar-refractivity contribution >= 4 is 17.7 Å². The average Bonchev–Trinajstić information content (AvgIpc) is 3.10. The minimum atomic E-state index is -0.618. The molecule has 1 aromatic heterocycles. The summed E-state index contributed by atoms with van der Waals surface area (Å²) in [6.07, 6.45) is 1.37. The summed E-state index contributed by atoms with van der Waals surface area (Å²) in [4.78, 5) is 24.6. The quantitative estimate of drug-likeness (QED) is 0.733. The minimum Gasteiger partial charge on any atom is -0.465 e. The first-order valence-electron chi connectivity index (χ1n) is 7.68. The van der Waals surface area contributed by atoms with Gasteiger partial charge < -0.3 is 10.1 Å². The van der Waals surface area contributed by atoms with E-state index < -0.39 is 11.9 Å². The molecular formula is C19H14N4O3. The maximum atomic E-state index is 12.7. The molecule has 0 spiro atoms. The molecule has 1 amide bonds. The number of nitriles is 1. The van der Waals surface area contributed by atoms with Crippen molar-refractivity contribution in [3.63, 3.8) is 0 Å². The van der Waals surface area contributed by atoms with Gasteiger partial charge in [0.05, 0.1) is 30.1 Å². The number of amides is 1. The Morgan fingerprint density at radius 2 is 1.73 bits per heavy atom. The third-order valence-electron chi connectivity index (χ3n) is 3.70. The van der Waals surface area contributed by atoms with Crippen LogP contribution in [0.15, 0.2) is 60.8 Å².